The van der Waals surface area contributed by atoms with Gasteiger partial charge in [0.05, 0.1) is 11.4 Å². The van der Waals surface area contributed by atoms with Crippen LogP contribution in [0.1, 0.15) is 5.56 Å². The van der Waals surface area contributed by atoms with Gasteiger partial charge >= 0.3 is 0 Å². The summed E-state index contributed by atoms with van der Waals surface area (Å²) in [5.41, 5.74) is 14.6. The molecule has 1 aromatic carbocycles. The zero-order valence-corrected chi connectivity index (χ0v) is 6.81. The van der Waals surface area contributed by atoms with Gasteiger partial charge in [0.1, 0.15) is 0 Å². The van der Waals surface area contributed by atoms with Gasteiger partial charge in [-0.2, -0.15) is 0 Å². The van der Waals surface area contributed by atoms with Gasteiger partial charge in [0.15, 0.2) is 0 Å². The maximum absolute atomic E-state index is 5.69. The Morgan fingerprint density at radius 2 is 1.91 bits per heavy atom. The summed E-state index contributed by atoms with van der Waals surface area (Å²) in [6.07, 6.45) is 0. The Morgan fingerprint density at radius 3 is 2.45 bits per heavy atom. The Kier molecular flexibility index (Phi) is 1.89. The summed E-state index contributed by atoms with van der Waals surface area (Å²) in [5.74, 6) is 0. The van der Waals surface area contributed by atoms with E-state index in [1.165, 1.54) is 0 Å². The molecule has 0 heterocycles. The van der Waals surface area contributed by atoms with Crippen LogP contribution in [0, 0.1) is 6.92 Å². The highest BCUT2D eigenvalue weighted by Gasteiger charge is 2.01. The van der Waals surface area contributed by atoms with E-state index in [9.17, 15) is 0 Å². The second-order valence-electron chi connectivity index (χ2n) is 2.49. The first kappa shape index (κ1) is 7.72. The molecule has 0 unspecified atom stereocenters. The quantitative estimate of drug-likeness (QED) is 0.528. The van der Waals surface area contributed by atoms with Crippen LogP contribution in [0.4, 0.5) is 17.1 Å². The zero-order chi connectivity index (χ0) is 8.43. The maximum atomic E-state index is 5.69. The minimum absolute atomic E-state index is 0.640. The Hall–Kier alpha value is -1.38. The summed E-state index contributed by atoms with van der Waals surface area (Å²) in [4.78, 5) is 0. The number of nitrogen functional groups attached to an aromatic ring is 2. The summed E-state index contributed by atoms with van der Waals surface area (Å²) in [7, 11) is 1.86. The van der Waals surface area contributed by atoms with Crippen molar-refractivity contribution in [1.82, 2.24) is 0 Å². The molecule has 0 aliphatic rings. The lowest BCUT2D eigenvalue weighted by Crippen LogP contribution is -2.00. The number of nitrogens with one attached hydrogen (secondary N) is 1. The van der Waals surface area contributed by atoms with E-state index >= 15 is 0 Å². The highest BCUT2D eigenvalue weighted by Crippen LogP contribution is 2.25. The van der Waals surface area contributed by atoms with Gasteiger partial charge in [-0.25, -0.2) is 0 Å². The van der Waals surface area contributed by atoms with E-state index in [1.54, 1.807) is 6.07 Å². The molecule has 0 aromatic heterocycles. The fraction of sp³-hybridized carbons (Fsp3) is 0.250. The van der Waals surface area contributed by atoms with Gasteiger partial charge in [-0.15, -0.1) is 0 Å². The molecule has 0 aliphatic carbocycles. The van der Waals surface area contributed by atoms with E-state index in [0.29, 0.717) is 11.4 Å². The van der Waals surface area contributed by atoms with Gasteiger partial charge in [-0.05, 0) is 24.6 Å². The van der Waals surface area contributed by atoms with Crippen LogP contribution in [0.5, 0.6) is 0 Å². The SMILES string of the molecule is CNc1ccc(N)c(N)c1C. The maximum Gasteiger partial charge on any atom is 0.0598 e. The van der Waals surface area contributed by atoms with Gasteiger partial charge in [0, 0.05) is 12.7 Å². The minimum Gasteiger partial charge on any atom is -0.397 e. The molecule has 0 saturated carbocycles. The second-order valence-corrected chi connectivity index (χ2v) is 2.49. The molecule has 0 saturated heterocycles. The first-order valence-electron chi connectivity index (χ1n) is 3.49. The third-order valence-corrected chi connectivity index (χ3v) is 1.82. The van der Waals surface area contributed by atoms with E-state index in [0.717, 1.165) is 11.3 Å². The van der Waals surface area contributed by atoms with Crippen molar-refractivity contribution in [3.05, 3.63) is 17.7 Å². The Morgan fingerprint density at radius 1 is 1.27 bits per heavy atom. The monoisotopic (exact) mass is 151 g/mol. The zero-order valence-electron chi connectivity index (χ0n) is 6.81. The number of hydrogen-bond donors (Lipinski definition) is 3. The standard InChI is InChI=1S/C8H13N3/c1-5-7(11-2)4-3-6(9)8(5)10/h3-4,11H,9-10H2,1-2H3. The average Bonchev–Trinajstić information content (AvgIpc) is 2.01. The molecule has 3 nitrogen and oxygen atoms in total. The van der Waals surface area contributed by atoms with Crippen molar-refractivity contribution in [3.63, 3.8) is 0 Å². The Labute approximate surface area is 66.4 Å². The van der Waals surface area contributed by atoms with Crippen molar-refractivity contribution in [2.24, 2.45) is 0 Å². The predicted octanol–water partition coefficient (Wildman–Crippen LogP) is 1.20. The van der Waals surface area contributed by atoms with Crippen LogP contribution in [0.15, 0.2) is 12.1 Å². The van der Waals surface area contributed by atoms with E-state index in [1.807, 2.05) is 20.0 Å². The molecule has 0 spiro atoms. The predicted molar refractivity (Wildman–Crippen MR) is 49.6 cm³/mol. The van der Waals surface area contributed by atoms with Gasteiger partial charge < -0.3 is 16.8 Å². The molecule has 1 aromatic rings. The Bertz CT molecular complexity index is 268. The molecule has 60 valence electrons. The number of hydrogen-bond acceptors (Lipinski definition) is 3. The average molecular weight is 151 g/mol. The fourth-order valence-corrected chi connectivity index (χ4v) is 1.02. The minimum atomic E-state index is 0.640. The lowest BCUT2D eigenvalue weighted by molar-refractivity contribution is 1.41. The molecule has 0 fully saturated rings. The van der Waals surface area contributed by atoms with E-state index < -0.39 is 0 Å². The van der Waals surface area contributed by atoms with Gasteiger partial charge in [0.2, 0.25) is 0 Å². The largest absolute Gasteiger partial charge is 0.397 e. The molecular formula is C8H13N3. The van der Waals surface area contributed by atoms with Crippen LogP contribution in [-0.4, -0.2) is 7.05 Å². The number of benzene rings is 1. The normalized spacial score (nSPS) is 9.64. The number of rotatable bonds is 1. The molecule has 0 aliphatic heterocycles. The van der Waals surface area contributed by atoms with Gasteiger partial charge in [0.25, 0.3) is 0 Å². The molecular weight excluding hydrogens is 138 g/mol. The highest BCUT2D eigenvalue weighted by molar-refractivity contribution is 5.74. The van der Waals surface area contributed by atoms with Gasteiger partial charge in [-0.3, -0.25) is 0 Å². The highest BCUT2D eigenvalue weighted by atomic mass is 14.8. The molecule has 0 bridgehead atoms. The van der Waals surface area contributed by atoms with Crippen LogP contribution in [0.3, 0.4) is 0 Å². The number of nitrogens with two attached hydrogens (primary N) is 2. The van der Waals surface area contributed by atoms with Crippen LogP contribution in [0.2, 0.25) is 0 Å². The van der Waals surface area contributed by atoms with E-state index in [2.05, 4.69) is 5.32 Å². The molecule has 0 amide bonds. The second kappa shape index (κ2) is 2.70. The molecule has 3 heteroatoms. The summed E-state index contributed by atoms with van der Waals surface area (Å²) in [6.45, 7) is 1.94. The molecule has 5 N–H and O–H groups in total. The topological polar surface area (TPSA) is 64.1 Å². The van der Waals surface area contributed by atoms with Crippen LogP contribution in [0.25, 0.3) is 0 Å². The fourth-order valence-electron chi connectivity index (χ4n) is 1.02. The molecule has 0 radical (unpaired) electrons. The Balaban J connectivity index is 3.25. The molecule has 1 rings (SSSR count). The summed E-state index contributed by atoms with van der Waals surface area (Å²) in [6, 6.07) is 3.72. The van der Waals surface area contributed by atoms with Crippen molar-refractivity contribution in [1.29, 1.82) is 0 Å². The first-order chi connectivity index (χ1) is 5.16. The number of anilines is 3. The third-order valence-electron chi connectivity index (χ3n) is 1.82. The van der Waals surface area contributed by atoms with Crippen molar-refractivity contribution < 1.29 is 0 Å². The lowest BCUT2D eigenvalue weighted by Gasteiger charge is -2.09. The van der Waals surface area contributed by atoms with Crippen molar-refractivity contribution in [2.45, 2.75) is 6.92 Å². The van der Waals surface area contributed by atoms with Crippen LogP contribution >= 0.6 is 0 Å². The van der Waals surface area contributed by atoms with Crippen molar-refractivity contribution >= 4 is 17.1 Å². The summed E-state index contributed by atoms with van der Waals surface area (Å²) < 4.78 is 0. The lowest BCUT2D eigenvalue weighted by atomic mass is 10.1. The molecule has 11 heavy (non-hydrogen) atoms. The van der Waals surface area contributed by atoms with E-state index in [4.69, 9.17) is 11.5 Å². The summed E-state index contributed by atoms with van der Waals surface area (Å²) in [5, 5.41) is 3.03. The van der Waals surface area contributed by atoms with Gasteiger partial charge in [-0.1, -0.05) is 0 Å². The summed E-state index contributed by atoms with van der Waals surface area (Å²) >= 11 is 0. The molecule has 0 atom stereocenters. The smallest absolute Gasteiger partial charge is 0.0598 e. The third kappa shape index (κ3) is 1.22. The van der Waals surface area contributed by atoms with Crippen molar-refractivity contribution in [3.8, 4) is 0 Å². The van der Waals surface area contributed by atoms with Crippen LogP contribution in [-0.2, 0) is 0 Å². The first-order valence-corrected chi connectivity index (χ1v) is 3.49. The van der Waals surface area contributed by atoms with Crippen molar-refractivity contribution in [2.75, 3.05) is 23.8 Å². The van der Waals surface area contributed by atoms with E-state index in [-0.39, 0.29) is 0 Å². The van der Waals surface area contributed by atoms with Crippen LogP contribution < -0.4 is 16.8 Å².